The molecular formula is C25H17F3N2O2. The number of carbonyl (C=O) groups excluding carboxylic acids is 1. The first-order valence-corrected chi connectivity index (χ1v) is 9.70. The fraction of sp³-hybridized carbons (Fsp3) is 0.0400. The predicted octanol–water partition coefficient (Wildman–Crippen LogP) is 5.92. The minimum Gasteiger partial charge on any atom is -0.465 e. The van der Waals surface area contributed by atoms with Crippen LogP contribution in [0.1, 0.15) is 27.6 Å². The van der Waals surface area contributed by atoms with Gasteiger partial charge >= 0.3 is 0 Å². The number of hydrogen-bond acceptors (Lipinski definition) is 3. The molecule has 32 heavy (non-hydrogen) atoms. The molecule has 1 heterocycles. The molecule has 1 amide bonds. The normalized spacial score (nSPS) is 10.8. The van der Waals surface area contributed by atoms with Crippen molar-refractivity contribution in [3.8, 4) is 5.88 Å². The lowest BCUT2D eigenvalue weighted by atomic mass is 10.0. The summed E-state index contributed by atoms with van der Waals surface area (Å²) < 4.78 is 46.4. The molecule has 4 rings (SSSR count). The van der Waals surface area contributed by atoms with Gasteiger partial charge in [0.2, 0.25) is 5.88 Å². The molecule has 0 unspecified atom stereocenters. The van der Waals surface area contributed by atoms with Crippen LogP contribution < -0.4 is 10.1 Å². The van der Waals surface area contributed by atoms with Gasteiger partial charge in [-0.05, 0) is 29.3 Å². The number of amides is 1. The highest BCUT2D eigenvalue weighted by Gasteiger charge is 2.20. The number of nitrogens with one attached hydrogen (secondary N) is 1. The first-order chi connectivity index (χ1) is 15.5. The Labute approximate surface area is 182 Å². The summed E-state index contributed by atoms with van der Waals surface area (Å²) in [4.78, 5) is 16.4. The highest BCUT2D eigenvalue weighted by atomic mass is 19.2. The van der Waals surface area contributed by atoms with Gasteiger partial charge in [0.15, 0.2) is 23.6 Å². The molecule has 0 saturated heterocycles. The third-order valence-corrected chi connectivity index (χ3v) is 4.72. The van der Waals surface area contributed by atoms with E-state index in [0.29, 0.717) is 11.9 Å². The number of rotatable bonds is 6. The van der Waals surface area contributed by atoms with Gasteiger partial charge in [0, 0.05) is 6.07 Å². The van der Waals surface area contributed by atoms with E-state index >= 15 is 0 Å². The number of nitrogens with zero attached hydrogens (tertiary/aromatic N) is 1. The number of carbonyl (C=O) groups is 1. The summed E-state index contributed by atoms with van der Waals surface area (Å²) in [6, 6.07) is 23.9. The molecule has 0 aliphatic carbocycles. The molecule has 0 aliphatic rings. The predicted molar refractivity (Wildman–Crippen MR) is 114 cm³/mol. The molecular weight excluding hydrogens is 417 g/mol. The number of halogens is 3. The van der Waals surface area contributed by atoms with Crippen molar-refractivity contribution in [1.29, 1.82) is 0 Å². The van der Waals surface area contributed by atoms with Gasteiger partial charge in [-0.1, -0.05) is 60.7 Å². The minimum atomic E-state index is -1.70. The largest absolute Gasteiger partial charge is 0.465 e. The monoisotopic (exact) mass is 434 g/mol. The zero-order chi connectivity index (χ0) is 22.5. The van der Waals surface area contributed by atoms with E-state index in [9.17, 15) is 18.0 Å². The molecule has 4 nitrogen and oxygen atoms in total. The van der Waals surface area contributed by atoms with Crippen molar-refractivity contribution in [2.45, 2.75) is 6.10 Å². The van der Waals surface area contributed by atoms with Crippen LogP contribution in [0.4, 0.5) is 18.9 Å². The van der Waals surface area contributed by atoms with Gasteiger partial charge in [-0.2, -0.15) is 0 Å². The van der Waals surface area contributed by atoms with Crippen LogP contribution in [0, 0.1) is 17.5 Å². The topological polar surface area (TPSA) is 51.2 Å². The molecule has 0 radical (unpaired) electrons. The zero-order valence-corrected chi connectivity index (χ0v) is 16.6. The molecule has 7 heteroatoms. The van der Waals surface area contributed by atoms with Crippen LogP contribution in [0.15, 0.2) is 91.1 Å². The van der Waals surface area contributed by atoms with Crippen molar-refractivity contribution in [3.05, 3.63) is 125 Å². The lowest BCUT2D eigenvalue weighted by molar-refractivity contribution is 0.102. The van der Waals surface area contributed by atoms with Crippen LogP contribution in [-0.4, -0.2) is 10.9 Å². The van der Waals surface area contributed by atoms with Gasteiger partial charge in [-0.3, -0.25) is 4.79 Å². The van der Waals surface area contributed by atoms with Crippen LogP contribution in [-0.2, 0) is 0 Å². The second-order valence-electron chi connectivity index (χ2n) is 6.88. The van der Waals surface area contributed by atoms with Crippen molar-refractivity contribution in [2.75, 3.05) is 5.32 Å². The first kappa shape index (κ1) is 21.1. The van der Waals surface area contributed by atoms with Gasteiger partial charge in [0.1, 0.15) is 0 Å². The molecule has 1 aromatic heterocycles. The van der Waals surface area contributed by atoms with Gasteiger partial charge < -0.3 is 10.1 Å². The Morgan fingerprint density at radius 2 is 1.41 bits per heavy atom. The van der Waals surface area contributed by atoms with Crippen molar-refractivity contribution >= 4 is 11.6 Å². The highest BCUT2D eigenvalue weighted by Crippen LogP contribution is 2.28. The van der Waals surface area contributed by atoms with E-state index in [-0.39, 0.29) is 5.69 Å². The smallest absolute Gasteiger partial charge is 0.258 e. The second kappa shape index (κ2) is 9.34. The summed E-state index contributed by atoms with van der Waals surface area (Å²) in [7, 11) is 0. The van der Waals surface area contributed by atoms with Crippen LogP contribution in [0.25, 0.3) is 0 Å². The van der Waals surface area contributed by atoms with E-state index in [4.69, 9.17) is 4.74 Å². The number of pyridine rings is 1. The van der Waals surface area contributed by atoms with E-state index in [1.54, 1.807) is 6.07 Å². The van der Waals surface area contributed by atoms with E-state index in [1.165, 1.54) is 12.3 Å². The van der Waals surface area contributed by atoms with E-state index < -0.39 is 35.0 Å². The molecule has 1 N–H and O–H groups in total. The van der Waals surface area contributed by atoms with E-state index in [0.717, 1.165) is 17.2 Å². The summed E-state index contributed by atoms with van der Waals surface area (Å²) in [6.07, 6.45) is 0.930. The Kier molecular flexibility index (Phi) is 6.17. The van der Waals surface area contributed by atoms with Crippen molar-refractivity contribution in [2.24, 2.45) is 0 Å². The summed E-state index contributed by atoms with van der Waals surface area (Å²) in [5, 5.41) is 2.40. The average molecular weight is 434 g/mol. The van der Waals surface area contributed by atoms with Crippen LogP contribution >= 0.6 is 0 Å². The van der Waals surface area contributed by atoms with Crippen LogP contribution in [0.5, 0.6) is 5.88 Å². The lowest BCUT2D eigenvalue weighted by Crippen LogP contribution is -2.15. The lowest BCUT2D eigenvalue weighted by Gasteiger charge is -2.19. The molecule has 0 saturated carbocycles. The molecule has 3 aromatic carbocycles. The second-order valence-corrected chi connectivity index (χ2v) is 6.88. The van der Waals surface area contributed by atoms with Crippen molar-refractivity contribution < 1.29 is 22.7 Å². The summed E-state index contributed by atoms with van der Waals surface area (Å²) in [5.74, 6) is -5.24. The zero-order valence-electron chi connectivity index (χ0n) is 16.6. The molecule has 0 aliphatic heterocycles. The van der Waals surface area contributed by atoms with Crippen molar-refractivity contribution in [3.63, 3.8) is 0 Å². The standard InChI is InChI=1S/C25H17F3N2O2/c26-20-13-12-19(22(27)23(20)28)25(31)30-18-11-14-21(29-15-18)32-24(16-7-3-1-4-8-16)17-9-5-2-6-10-17/h1-15,24H,(H,30,31). The Balaban J connectivity index is 1.52. The Morgan fingerprint density at radius 1 is 0.781 bits per heavy atom. The maximum atomic E-state index is 13.8. The first-order valence-electron chi connectivity index (χ1n) is 9.70. The van der Waals surface area contributed by atoms with Gasteiger partial charge in [-0.25, -0.2) is 18.2 Å². The summed E-state index contributed by atoms with van der Waals surface area (Å²) in [6.45, 7) is 0. The maximum absolute atomic E-state index is 13.8. The quantitative estimate of drug-likeness (QED) is 0.383. The SMILES string of the molecule is O=C(Nc1ccc(OC(c2ccccc2)c2ccccc2)nc1)c1ccc(F)c(F)c1F. The third-order valence-electron chi connectivity index (χ3n) is 4.72. The fourth-order valence-electron chi connectivity index (χ4n) is 3.13. The number of anilines is 1. The van der Waals surface area contributed by atoms with Gasteiger partial charge in [-0.15, -0.1) is 0 Å². The Bertz CT molecular complexity index is 1180. The van der Waals surface area contributed by atoms with E-state index in [1.807, 2.05) is 60.7 Å². The summed E-state index contributed by atoms with van der Waals surface area (Å²) in [5.41, 5.74) is 1.50. The number of ether oxygens (including phenoxy) is 1. The van der Waals surface area contributed by atoms with Gasteiger partial charge in [0.05, 0.1) is 17.4 Å². The number of aromatic nitrogens is 1. The maximum Gasteiger partial charge on any atom is 0.258 e. The van der Waals surface area contributed by atoms with E-state index in [2.05, 4.69) is 10.3 Å². The number of hydrogen-bond donors (Lipinski definition) is 1. The molecule has 0 spiro atoms. The summed E-state index contributed by atoms with van der Waals surface area (Å²) >= 11 is 0. The molecule has 160 valence electrons. The van der Waals surface area contributed by atoms with Crippen LogP contribution in [0.3, 0.4) is 0 Å². The highest BCUT2D eigenvalue weighted by molar-refractivity contribution is 6.04. The molecule has 0 fully saturated rings. The third kappa shape index (κ3) is 4.62. The Morgan fingerprint density at radius 3 is 1.97 bits per heavy atom. The number of benzene rings is 3. The van der Waals surface area contributed by atoms with Crippen molar-refractivity contribution in [1.82, 2.24) is 4.98 Å². The fourth-order valence-corrected chi connectivity index (χ4v) is 3.13. The van der Waals surface area contributed by atoms with Crippen LogP contribution in [0.2, 0.25) is 0 Å². The Hall–Kier alpha value is -4.13. The molecule has 0 atom stereocenters. The average Bonchev–Trinajstić information content (AvgIpc) is 2.83. The minimum absolute atomic E-state index is 0.238. The molecule has 4 aromatic rings. The molecule has 0 bridgehead atoms. The van der Waals surface area contributed by atoms with Gasteiger partial charge in [0.25, 0.3) is 5.91 Å².